The smallest absolute Gasteiger partial charge is 0.133 e. The molecule has 134 valence electrons. The molecule has 4 rings (SSSR count). The summed E-state index contributed by atoms with van der Waals surface area (Å²) in [5.41, 5.74) is 6.18. The summed E-state index contributed by atoms with van der Waals surface area (Å²) in [6.07, 6.45) is 3.48. The third-order valence-corrected chi connectivity index (χ3v) is 5.75. The Hall–Kier alpha value is -1.82. The Bertz CT molecular complexity index is 910. The van der Waals surface area contributed by atoms with Crippen molar-refractivity contribution in [3.8, 4) is 16.9 Å². The molecular weight excluding hydrogens is 433 g/mol. The Labute approximate surface area is 169 Å². The number of fused-ring (bicyclic) bond motifs is 1. The molecule has 4 heteroatoms. The van der Waals surface area contributed by atoms with Crippen LogP contribution >= 0.6 is 22.6 Å². The molecule has 0 saturated heterocycles. The van der Waals surface area contributed by atoms with E-state index in [0.29, 0.717) is 5.92 Å². The fraction of sp³-hybridized carbons (Fsp3) is 0.318. The molecule has 0 spiro atoms. The second-order valence-electron chi connectivity index (χ2n) is 7.19. The predicted octanol–water partition coefficient (Wildman–Crippen LogP) is 6.02. The molecule has 2 heterocycles. The van der Waals surface area contributed by atoms with Crippen molar-refractivity contribution in [1.82, 2.24) is 9.78 Å². The number of rotatable bonds is 3. The van der Waals surface area contributed by atoms with E-state index in [0.717, 1.165) is 18.7 Å². The van der Waals surface area contributed by atoms with Crippen LogP contribution in [0.3, 0.4) is 0 Å². The van der Waals surface area contributed by atoms with Crippen LogP contribution in [0.4, 0.5) is 5.82 Å². The maximum Gasteiger partial charge on any atom is 0.133 e. The molecule has 0 unspecified atom stereocenters. The lowest BCUT2D eigenvalue weighted by atomic mass is 10.0. The lowest BCUT2D eigenvalue weighted by molar-refractivity contribution is 0.776. The van der Waals surface area contributed by atoms with Crippen molar-refractivity contribution in [2.45, 2.75) is 39.0 Å². The van der Waals surface area contributed by atoms with Gasteiger partial charge in [0.15, 0.2) is 0 Å². The summed E-state index contributed by atoms with van der Waals surface area (Å²) < 4.78 is 3.39. The van der Waals surface area contributed by atoms with Crippen molar-refractivity contribution in [1.29, 1.82) is 0 Å². The lowest BCUT2D eigenvalue weighted by Gasteiger charge is -2.15. The van der Waals surface area contributed by atoms with Gasteiger partial charge in [0.25, 0.3) is 0 Å². The topological polar surface area (TPSA) is 29.9 Å². The van der Waals surface area contributed by atoms with Gasteiger partial charge in [0.05, 0.1) is 11.4 Å². The zero-order valence-electron chi connectivity index (χ0n) is 15.3. The maximum absolute atomic E-state index is 5.10. The van der Waals surface area contributed by atoms with Crippen molar-refractivity contribution in [3.63, 3.8) is 0 Å². The van der Waals surface area contributed by atoms with Crippen molar-refractivity contribution in [2.75, 3.05) is 11.9 Å². The Balaban J connectivity index is 1.92. The molecule has 1 aliphatic rings. The van der Waals surface area contributed by atoms with Crippen molar-refractivity contribution in [3.05, 3.63) is 63.2 Å². The highest BCUT2D eigenvalue weighted by molar-refractivity contribution is 14.1. The summed E-state index contributed by atoms with van der Waals surface area (Å²) in [6.45, 7) is 5.50. The van der Waals surface area contributed by atoms with Crippen LogP contribution < -0.4 is 5.32 Å². The van der Waals surface area contributed by atoms with Crippen LogP contribution in [0.15, 0.2) is 48.5 Å². The van der Waals surface area contributed by atoms with Gasteiger partial charge in [0.1, 0.15) is 5.82 Å². The minimum atomic E-state index is 0.457. The lowest BCUT2D eigenvalue weighted by Crippen LogP contribution is -2.09. The van der Waals surface area contributed by atoms with E-state index in [4.69, 9.17) is 5.10 Å². The van der Waals surface area contributed by atoms with Gasteiger partial charge in [-0.2, -0.15) is 5.10 Å². The monoisotopic (exact) mass is 457 g/mol. The molecule has 0 saturated carbocycles. The Morgan fingerprint density at radius 1 is 1.04 bits per heavy atom. The first-order valence-electron chi connectivity index (χ1n) is 9.36. The van der Waals surface area contributed by atoms with Crippen LogP contribution in [0.1, 0.15) is 43.7 Å². The average molecular weight is 457 g/mol. The number of nitrogens with one attached hydrogen (secondary N) is 1. The maximum atomic E-state index is 5.10. The van der Waals surface area contributed by atoms with E-state index in [-0.39, 0.29) is 0 Å². The van der Waals surface area contributed by atoms with Gasteiger partial charge in [-0.05, 0) is 71.5 Å². The second kappa shape index (κ2) is 7.43. The van der Waals surface area contributed by atoms with E-state index in [2.05, 4.69) is 95.0 Å². The molecule has 26 heavy (non-hydrogen) atoms. The second-order valence-corrected chi connectivity index (χ2v) is 8.44. The molecule has 3 nitrogen and oxygen atoms in total. The molecule has 2 aromatic carbocycles. The van der Waals surface area contributed by atoms with Crippen LogP contribution in [0, 0.1) is 3.57 Å². The summed E-state index contributed by atoms with van der Waals surface area (Å²) in [5, 5.41) is 8.76. The first-order valence-corrected chi connectivity index (χ1v) is 10.4. The van der Waals surface area contributed by atoms with Crippen LogP contribution in [-0.2, 0) is 6.42 Å². The van der Waals surface area contributed by atoms with Crippen molar-refractivity contribution < 1.29 is 0 Å². The van der Waals surface area contributed by atoms with Gasteiger partial charge >= 0.3 is 0 Å². The first kappa shape index (κ1) is 17.6. The molecule has 0 amide bonds. The Morgan fingerprint density at radius 2 is 1.81 bits per heavy atom. The number of hydrogen-bond donors (Lipinski definition) is 1. The average Bonchev–Trinajstić information content (AvgIpc) is 2.84. The van der Waals surface area contributed by atoms with Gasteiger partial charge in [-0.15, -0.1) is 0 Å². The van der Waals surface area contributed by atoms with E-state index < -0.39 is 0 Å². The first-order chi connectivity index (χ1) is 12.6. The zero-order chi connectivity index (χ0) is 18.1. The van der Waals surface area contributed by atoms with Gasteiger partial charge in [0.2, 0.25) is 0 Å². The van der Waals surface area contributed by atoms with E-state index in [1.54, 1.807) is 0 Å². The van der Waals surface area contributed by atoms with Gasteiger partial charge in [-0.25, -0.2) is 4.68 Å². The van der Waals surface area contributed by atoms with Gasteiger partial charge in [0, 0.05) is 21.2 Å². The van der Waals surface area contributed by atoms with Crippen LogP contribution in [0.2, 0.25) is 0 Å². The van der Waals surface area contributed by atoms with Crippen molar-refractivity contribution in [2.24, 2.45) is 0 Å². The van der Waals surface area contributed by atoms with E-state index in [9.17, 15) is 0 Å². The third kappa shape index (κ3) is 3.27. The minimum Gasteiger partial charge on any atom is -0.370 e. The molecule has 0 aliphatic carbocycles. The fourth-order valence-corrected chi connectivity index (χ4v) is 4.04. The van der Waals surface area contributed by atoms with E-state index in [1.807, 2.05) is 0 Å². The Morgan fingerprint density at radius 3 is 2.58 bits per heavy atom. The molecule has 0 radical (unpaired) electrons. The molecule has 3 aromatic rings. The number of para-hydroxylation sites is 1. The number of aromatic nitrogens is 2. The number of hydrogen-bond acceptors (Lipinski definition) is 2. The summed E-state index contributed by atoms with van der Waals surface area (Å²) in [4.78, 5) is 0. The number of benzene rings is 2. The van der Waals surface area contributed by atoms with Gasteiger partial charge in [-0.3, -0.25) is 0 Å². The van der Waals surface area contributed by atoms with Gasteiger partial charge < -0.3 is 5.32 Å². The highest BCUT2D eigenvalue weighted by Gasteiger charge is 2.23. The van der Waals surface area contributed by atoms with Gasteiger partial charge in [-0.1, -0.05) is 44.2 Å². The minimum absolute atomic E-state index is 0.457. The molecule has 0 fully saturated rings. The highest BCUT2D eigenvalue weighted by atomic mass is 127. The summed E-state index contributed by atoms with van der Waals surface area (Å²) >= 11 is 2.35. The number of halogens is 1. The fourth-order valence-electron chi connectivity index (χ4n) is 3.68. The van der Waals surface area contributed by atoms with E-state index >= 15 is 0 Å². The molecule has 1 aliphatic heterocycles. The molecule has 0 atom stereocenters. The van der Waals surface area contributed by atoms with Crippen LogP contribution in [0.5, 0.6) is 0 Å². The summed E-state index contributed by atoms with van der Waals surface area (Å²) in [5.74, 6) is 1.63. The van der Waals surface area contributed by atoms with Crippen LogP contribution in [0.25, 0.3) is 16.9 Å². The predicted molar refractivity (Wildman–Crippen MR) is 117 cm³/mol. The normalized spacial score (nSPS) is 14.0. The summed E-state index contributed by atoms with van der Waals surface area (Å²) in [6, 6.07) is 17.3. The molecule has 0 bridgehead atoms. The van der Waals surface area contributed by atoms with Crippen LogP contribution in [-0.4, -0.2) is 16.3 Å². The quantitative estimate of drug-likeness (QED) is 0.488. The standard InChI is InChI=1S/C22H24IN3/c1-15(2)18-7-3-4-9-20(18)26-22-19(8-5-6-14-24-22)21(25-26)16-10-12-17(23)13-11-16/h3-4,7,9-13,15,24H,5-6,8,14H2,1-2H3. The number of anilines is 1. The SMILES string of the molecule is CC(C)c1ccccc1-n1nc(-c2ccc(I)cc2)c2c1NCCCC2. The third-order valence-electron chi connectivity index (χ3n) is 5.03. The van der Waals surface area contributed by atoms with E-state index in [1.165, 1.54) is 44.6 Å². The molecule has 1 aromatic heterocycles. The van der Waals surface area contributed by atoms with Crippen molar-refractivity contribution >= 4 is 28.4 Å². The Kier molecular flexibility index (Phi) is 5.02. The highest BCUT2D eigenvalue weighted by Crippen LogP contribution is 2.35. The largest absolute Gasteiger partial charge is 0.370 e. The zero-order valence-corrected chi connectivity index (χ0v) is 17.5. The molecule has 1 N–H and O–H groups in total. The molecular formula is C22H24IN3. The summed E-state index contributed by atoms with van der Waals surface area (Å²) in [7, 11) is 0. The number of nitrogens with zero attached hydrogens (tertiary/aromatic N) is 2.